The van der Waals surface area contributed by atoms with Gasteiger partial charge in [-0.25, -0.2) is 0 Å². The third-order valence-corrected chi connectivity index (χ3v) is 10.4. The average Bonchev–Trinajstić information content (AvgIpc) is 3.07. The SMILES string of the molecule is CCCCCCCCCCCCCCCCCCCCCCCCCCCC(O)C(CO)NC(=O)CCCCCCCCCCCC. The number of rotatable bonds is 40. The van der Waals surface area contributed by atoms with Crippen LogP contribution in [0.25, 0.3) is 0 Å². The zero-order valence-electron chi connectivity index (χ0n) is 32.3. The van der Waals surface area contributed by atoms with Gasteiger partial charge in [0.15, 0.2) is 0 Å². The Labute approximate surface area is 295 Å². The first-order chi connectivity index (χ1) is 23.2. The Morgan fingerprint density at radius 3 is 0.957 bits per heavy atom. The van der Waals surface area contributed by atoms with Gasteiger partial charge in [-0.2, -0.15) is 0 Å². The molecule has 282 valence electrons. The summed E-state index contributed by atoms with van der Waals surface area (Å²) in [5.41, 5.74) is 0. The zero-order chi connectivity index (χ0) is 34.3. The van der Waals surface area contributed by atoms with Crippen LogP contribution in [0.3, 0.4) is 0 Å². The van der Waals surface area contributed by atoms with E-state index in [1.165, 1.54) is 199 Å². The van der Waals surface area contributed by atoms with Crippen molar-refractivity contribution in [1.29, 1.82) is 0 Å². The van der Waals surface area contributed by atoms with Gasteiger partial charge in [0.25, 0.3) is 0 Å². The fraction of sp³-hybridized carbons (Fsp3) is 0.977. The Morgan fingerprint density at radius 2 is 0.681 bits per heavy atom. The highest BCUT2D eigenvalue weighted by molar-refractivity contribution is 5.76. The maximum absolute atomic E-state index is 12.3. The standard InChI is InChI=1S/C43H87NO3/c1-3-5-7-9-11-13-15-16-17-18-19-20-21-22-23-24-25-26-27-28-29-30-32-34-36-38-42(46)41(40-45)44-43(47)39-37-35-33-31-14-12-10-8-6-4-2/h41-42,45-46H,3-40H2,1-2H3,(H,44,47). The van der Waals surface area contributed by atoms with E-state index in [4.69, 9.17) is 0 Å². The normalized spacial score (nSPS) is 12.9. The number of hydrogen-bond donors (Lipinski definition) is 3. The summed E-state index contributed by atoms with van der Waals surface area (Å²) in [5, 5.41) is 23.1. The second-order valence-corrected chi connectivity index (χ2v) is 15.1. The summed E-state index contributed by atoms with van der Waals surface area (Å²) in [5.74, 6) is -0.0301. The topological polar surface area (TPSA) is 69.6 Å². The van der Waals surface area contributed by atoms with Gasteiger partial charge < -0.3 is 15.5 Å². The van der Waals surface area contributed by atoms with E-state index in [1.54, 1.807) is 0 Å². The molecule has 0 aliphatic heterocycles. The second-order valence-electron chi connectivity index (χ2n) is 15.1. The van der Waals surface area contributed by atoms with Crippen LogP contribution in [-0.2, 0) is 4.79 Å². The van der Waals surface area contributed by atoms with E-state index in [0.29, 0.717) is 12.8 Å². The van der Waals surface area contributed by atoms with Crippen molar-refractivity contribution in [2.45, 2.75) is 264 Å². The predicted molar refractivity (Wildman–Crippen MR) is 207 cm³/mol. The number of nitrogens with one attached hydrogen (secondary N) is 1. The summed E-state index contributed by atoms with van der Waals surface area (Å²) in [6.07, 6.45) is 47.6. The highest BCUT2D eigenvalue weighted by Crippen LogP contribution is 2.17. The third-order valence-electron chi connectivity index (χ3n) is 10.4. The molecule has 0 aromatic carbocycles. The van der Waals surface area contributed by atoms with E-state index in [9.17, 15) is 15.0 Å². The molecule has 0 rings (SSSR count). The van der Waals surface area contributed by atoms with E-state index in [-0.39, 0.29) is 12.5 Å². The molecule has 0 aromatic rings. The Balaban J connectivity index is 3.40. The highest BCUT2D eigenvalue weighted by Gasteiger charge is 2.20. The molecule has 0 aromatic heterocycles. The summed E-state index contributed by atoms with van der Waals surface area (Å²) >= 11 is 0. The minimum Gasteiger partial charge on any atom is -0.394 e. The smallest absolute Gasteiger partial charge is 0.220 e. The summed E-state index contributed by atoms with van der Waals surface area (Å²) in [4.78, 5) is 12.3. The number of carbonyl (C=O) groups excluding carboxylic acids is 1. The van der Waals surface area contributed by atoms with E-state index in [0.717, 1.165) is 25.7 Å². The first-order valence-electron chi connectivity index (χ1n) is 21.7. The van der Waals surface area contributed by atoms with Gasteiger partial charge in [-0.3, -0.25) is 4.79 Å². The number of aliphatic hydroxyl groups excluding tert-OH is 2. The van der Waals surface area contributed by atoms with Gasteiger partial charge in [-0.05, 0) is 12.8 Å². The van der Waals surface area contributed by atoms with E-state index < -0.39 is 12.1 Å². The largest absolute Gasteiger partial charge is 0.394 e. The van der Waals surface area contributed by atoms with Crippen molar-refractivity contribution in [2.24, 2.45) is 0 Å². The molecule has 47 heavy (non-hydrogen) atoms. The molecule has 1 amide bonds. The maximum atomic E-state index is 12.3. The van der Waals surface area contributed by atoms with Crippen LogP contribution >= 0.6 is 0 Å². The van der Waals surface area contributed by atoms with Crippen LogP contribution in [0.15, 0.2) is 0 Å². The molecular weight excluding hydrogens is 578 g/mol. The van der Waals surface area contributed by atoms with Crippen molar-refractivity contribution >= 4 is 5.91 Å². The molecule has 0 spiro atoms. The molecule has 0 fully saturated rings. The third kappa shape index (κ3) is 36.5. The molecule has 0 aliphatic carbocycles. The summed E-state index contributed by atoms with van der Waals surface area (Å²) < 4.78 is 0. The van der Waals surface area contributed by atoms with Crippen molar-refractivity contribution in [3.05, 3.63) is 0 Å². The van der Waals surface area contributed by atoms with Gasteiger partial charge in [0.05, 0.1) is 18.8 Å². The monoisotopic (exact) mass is 666 g/mol. The first-order valence-corrected chi connectivity index (χ1v) is 21.7. The lowest BCUT2D eigenvalue weighted by Gasteiger charge is -2.22. The summed E-state index contributed by atoms with van der Waals surface area (Å²) in [7, 11) is 0. The van der Waals surface area contributed by atoms with Crippen molar-refractivity contribution < 1.29 is 15.0 Å². The lowest BCUT2D eigenvalue weighted by atomic mass is 10.0. The van der Waals surface area contributed by atoms with Crippen molar-refractivity contribution in [3.63, 3.8) is 0 Å². The lowest BCUT2D eigenvalue weighted by molar-refractivity contribution is -0.123. The summed E-state index contributed by atoms with van der Waals surface area (Å²) in [6.45, 7) is 4.36. The molecular formula is C43H87NO3. The molecule has 4 heteroatoms. The van der Waals surface area contributed by atoms with E-state index in [1.807, 2.05) is 0 Å². The minimum absolute atomic E-state index is 0.0301. The number of aliphatic hydroxyl groups is 2. The van der Waals surface area contributed by atoms with Gasteiger partial charge in [0.2, 0.25) is 5.91 Å². The molecule has 0 aliphatic rings. The molecule has 0 radical (unpaired) electrons. The molecule has 2 unspecified atom stereocenters. The molecule has 3 N–H and O–H groups in total. The second kappa shape index (κ2) is 39.8. The Bertz CT molecular complexity index is 598. The van der Waals surface area contributed by atoms with Crippen LogP contribution in [-0.4, -0.2) is 34.9 Å². The van der Waals surface area contributed by atoms with Crippen molar-refractivity contribution in [2.75, 3.05) is 6.61 Å². The molecule has 0 heterocycles. The average molecular weight is 666 g/mol. The van der Waals surface area contributed by atoms with Crippen LogP contribution in [0, 0.1) is 0 Å². The van der Waals surface area contributed by atoms with Gasteiger partial charge in [0.1, 0.15) is 0 Å². The van der Waals surface area contributed by atoms with Crippen LogP contribution in [0.5, 0.6) is 0 Å². The minimum atomic E-state index is -0.652. The molecule has 0 saturated heterocycles. The highest BCUT2D eigenvalue weighted by atomic mass is 16.3. The predicted octanol–water partition coefficient (Wildman–Crippen LogP) is 13.3. The maximum Gasteiger partial charge on any atom is 0.220 e. The van der Waals surface area contributed by atoms with Gasteiger partial charge in [0, 0.05) is 6.42 Å². The number of hydrogen-bond acceptors (Lipinski definition) is 3. The first kappa shape index (κ1) is 46.4. The van der Waals surface area contributed by atoms with E-state index in [2.05, 4.69) is 19.2 Å². The van der Waals surface area contributed by atoms with Gasteiger partial charge >= 0.3 is 0 Å². The molecule has 4 nitrogen and oxygen atoms in total. The fourth-order valence-corrected chi connectivity index (χ4v) is 7.01. The fourth-order valence-electron chi connectivity index (χ4n) is 7.01. The van der Waals surface area contributed by atoms with Crippen LogP contribution in [0.2, 0.25) is 0 Å². The summed E-state index contributed by atoms with van der Waals surface area (Å²) in [6, 6.07) is -0.528. The zero-order valence-corrected chi connectivity index (χ0v) is 32.3. The lowest BCUT2D eigenvalue weighted by Crippen LogP contribution is -2.45. The Hall–Kier alpha value is -0.610. The molecule has 0 bridgehead atoms. The molecule has 2 atom stereocenters. The van der Waals surface area contributed by atoms with E-state index >= 15 is 0 Å². The van der Waals surface area contributed by atoms with Crippen LogP contribution in [0.4, 0.5) is 0 Å². The number of carbonyl (C=O) groups is 1. The van der Waals surface area contributed by atoms with Crippen molar-refractivity contribution in [3.8, 4) is 0 Å². The number of amides is 1. The van der Waals surface area contributed by atoms with Crippen molar-refractivity contribution in [1.82, 2.24) is 5.32 Å². The van der Waals surface area contributed by atoms with Gasteiger partial charge in [-0.15, -0.1) is 0 Å². The molecule has 0 saturated carbocycles. The number of unbranched alkanes of at least 4 members (excludes halogenated alkanes) is 33. The Kier molecular flexibility index (Phi) is 39.3. The Morgan fingerprint density at radius 1 is 0.426 bits per heavy atom. The quantitative estimate of drug-likeness (QED) is 0.0570. The van der Waals surface area contributed by atoms with Crippen LogP contribution in [0.1, 0.15) is 251 Å². The van der Waals surface area contributed by atoms with Crippen LogP contribution < -0.4 is 5.32 Å². The van der Waals surface area contributed by atoms with Gasteiger partial charge in [-0.1, -0.05) is 232 Å².